The molecule has 0 bridgehead atoms. The van der Waals surface area contributed by atoms with Gasteiger partial charge in [0.25, 0.3) is 0 Å². The number of rotatable bonds is 2. The third-order valence-electron chi connectivity index (χ3n) is 1.07. The first-order valence-electron chi connectivity index (χ1n) is 3.23. The van der Waals surface area contributed by atoms with Crippen LogP contribution in [-0.4, -0.2) is 0 Å². The first-order valence-corrected chi connectivity index (χ1v) is 3.23. The van der Waals surface area contributed by atoms with Gasteiger partial charge in [-0.05, 0) is 19.3 Å². The Morgan fingerprint density at radius 1 is 1.67 bits per heavy atom. The van der Waals surface area contributed by atoms with Gasteiger partial charge in [0.15, 0.2) is 0 Å². The van der Waals surface area contributed by atoms with Crippen molar-refractivity contribution in [2.24, 2.45) is 5.92 Å². The quantitative estimate of drug-likeness (QED) is 0.517. The van der Waals surface area contributed by atoms with E-state index >= 15 is 0 Å². The van der Waals surface area contributed by atoms with Gasteiger partial charge in [0.05, 0.1) is 6.07 Å². The van der Waals surface area contributed by atoms with Gasteiger partial charge in [-0.1, -0.05) is 19.9 Å². The van der Waals surface area contributed by atoms with E-state index in [0.717, 1.165) is 12.0 Å². The van der Waals surface area contributed by atoms with Crippen LogP contribution in [0.25, 0.3) is 0 Å². The zero-order valence-electron chi connectivity index (χ0n) is 6.31. The second kappa shape index (κ2) is 4.14. The third-order valence-corrected chi connectivity index (χ3v) is 1.07. The fourth-order valence-electron chi connectivity index (χ4n) is 0.458. The zero-order valence-corrected chi connectivity index (χ0v) is 6.31. The number of nitrogens with zero attached hydrogens (tertiary/aromatic N) is 1. The average molecular weight is 123 g/mol. The molecule has 0 aliphatic heterocycles. The molecule has 0 radical (unpaired) electrons. The van der Waals surface area contributed by atoms with E-state index < -0.39 is 0 Å². The molecule has 9 heavy (non-hydrogen) atoms. The molecule has 0 fully saturated rings. The molecule has 0 atom stereocenters. The van der Waals surface area contributed by atoms with E-state index in [1.165, 1.54) is 0 Å². The van der Waals surface area contributed by atoms with Gasteiger partial charge in [0.2, 0.25) is 0 Å². The van der Waals surface area contributed by atoms with E-state index in [9.17, 15) is 0 Å². The van der Waals surface area contributed by atoms with E-state index in [1.807, 2.05) is 13.0 Å². The van der Waals surface area contributed by atoms with Gasteiger partial charge in [-0.25, -0.2) is 0 Å². The highest BCUT2D eigenvalue weighted by Gasteiger charge is 1.89. The van der Waals surface area contributed by atoms with Crippen LogP contribution < -0.4 is 0 Å². The molecule has 0 rings (SSSR count). The monoisotopic (exact) mass is 123 g/mol. The third kappa shape index (κ3) is 5.10. The van der Waals surface area contributed by atoms with Crippen LogP contribution in [0.3, 0.4) is 0 Å². The van der Waals surface area contributed by atoms with Crippen LogP contribution in [0.1, 0.15) is 27.2 Å². The lowest BCUT2D eigenvalue weighted by Gasteiger charge is -1.95. The standard InChI is InChI=1S/C8H13N/c1-7(2)4-5-8(3)6-9/h5,7H,4H2,1-3H3. The molecule has 0 unspecified atom stereocenters. The topological polar surface area (TPSA) is 23.8 Å². The Hall–Kier alpha value is -0.770. The Morgan fingerprint density at radius 2 is 2.22 bits per heavy atom. The summed E-state index contributed by atoms with van der Waals surface area (Å²) in [6, 6.07) is 2.08. The van der Waals surface area contributed by atoms with Gasteiger partial charge >= 0.3 is 0 Å². The van der Waals surface area contributed by atoms with Crippen LogP contribution in [0.4, 0.5) is 0 Å². The molecule has 0 aromatic rings. The van der Waals surface area contributed by atoms with Crippen LogP contribution >= 0.6 is 0 Å². The van der Waals surface area contributed by atoms with Crippen molar-refractivity contribution >= 4 is 0 Å². The van der Waals surface area contributed by atoms with Crippen LogP contribution in [0.15, 0.2) is 11.6 Å². The lowest BCUT2D eigenvalue weighted by molar-refractivity contribution is 0.662. The van der Waals surface area contributed by atoms with Gasteiger partial charge < -0.3 is 0 Å². The summed E-state index contributed by atoms with van der Waals surface area (Å²) in [6.45, 7) is 6.12. The van der Waals surface area contributed by atoms with E-state index in [2.05, 4.69) is 19.9 Å². The van der Waals surface area contributed by atoms with Crippen molar-refractivity contribution in [3.63, 3.8) is 0 Å². The minimum atomic E-state index is 0.660. The van der Waals surface area contributed by atoms with Crippen LogP contribution in [-0.2, 0) is 0 Å². The predicted octanol–water partition coefficient (Wildman–Crippen LogP) is 2.50. The Labute approximate surface area is 57.0 Å². The SMILES string of the molecule is CC(C#N)=CCC(C)C. The molecular formula is C8H13N. The smallest absolute Gasteiger partial charge is 0.0940 e. The minimum absolute atomic E-state index is 0.660. The van der Waals surface area contributed by atoms with Crippen LogP contribution in [0, 0.1) is 17.2 Å². The molecule has 0 aliphatic rings. The maximum atomic E-state index is 8.33. The summed E-state index contributed by atoms with van der Waals surface area (Å²) in [7, 11) is 0. The van der Waals surface area contributed by atoms with Gasteiger partial charge in [-0.2, -0.15) is 5.26 Å². The molecule has 1 nitrogen and oxygen atoms in total. The summed E-state index contributed by atoms with van der Waals surface area (Å²) in [5, 5.41) is 8.33. The molecule has 50 valence electrons. The molecule has 0 spiro atoms. The first-order chi connectivity index (χ1) is 4.16. The lowest BCUT2D eigenvalue weighted by Crippen LogP contribution is -1.82. The number of nitriles is 1. The fourth-order valence-corrected chi connectivity index (χ4v) is 0.458. The van der Waals surface area contributed by atoms with Crippen molar-refractivity contribution in [2.75, 3.05) is 0 Å². The first kappa shape index (κ1) is 8.23. The Kier molecular flexibility index (Phi) is 3.79. The maximum absolute atomic E-state index is 8.33. The minimum Gasteiger partial charge on any atom is -0.193 e. The Balaban J connectivity index is 3.60. The molecular weight excluding hydrogens is 110 g/mol. The molecule has 0 aromatic carbocycles. The van der Waals surface area contributed by atoms with E-state index in [4.69, 9.17) is 5.26 Å². The average Bonchev–Trinajstić information content (AvgIpc) is 1.83. The van der Waals surface area contributed by atoms with Crippen LogP contribution in [0.2, 0.25) is 0 Å². The van der Waals surface area contributed by atoms with Gasteiger partial charge in [-0.3, -0.25) is 0 Å². The van der Waals surface area contributed by atoms with E-state index in [1.54, 1.807) is 0 Å². The number of allylic oxidation sites excluding steroid dienone is 2. The molecule has 0 N–H and O–H groups in total. The zero-order chi connectivity index (χ0) is 7.28. The van der Waals surface area contributed by atoms with Crippen molar-refractivity contribution in [3.05, 3.63) is 11.6 Å². The number of hydrogen-bond donors (Lipinski definition) is 0. The van der Waals surface area contributed by atoms with Crippen molar-refractivity contribution < 1.29 is 0 Å². The van der Waals surface area contributed by atoms with Crippen molar-refractivity contribution in [3.8, 4) is 6.07 Å². The highest BCUT2D eigenvalue weighted by atomic mass is 14.2. The summed E-state index contributed by atoms with van der Waals surface area (Å²) in [4.78, 5) is 0. The molecule has 0 amide bonds. The van der Waals surface area contributed by atoms with Gasteiger partial charge in [0, 0.05) is 5.57 Å². The van der Waals surface area contributed by atoms with Gasteiger partial charge in [-0.15, -0.1) is 0 Å². The highest BCUT2D eigenvalue weighted by molar-refractivity contribution is 5.16. The van der Waals surface area contributed by atoms with E-state index in [0.29, 0.717) is 5.92 Å². The van der Waals surface area contributed by atoms with Crippen molar-refractivity contribution in [1.29, 1.82) is 5.26 Å². The summed E-state index contributed by atoms with van der Waals surface area (Å²) in [5.41, 5.74) is 0.823. The Morgan fingerprint density at radius 3 is 2.56 bits per heavy atom. The highest BCUT2D eigenvalue weighted by Crippen LogP contribution is 2.02. The predicted molar refractivity (Wildman–Crippen MR) is 38.8 cm³/mol. The van der Waals surface area contributed by atoms with Crippen molar-refractivity contribution in [2.45, 2.75) is 27.2 Å². The van der Waals surface area contributed by atoms with Gasteiger partial charge in [0.1, 0.15) is 0 Å². The van der Waals surface area contributed by atoms with Crippen LogP contribution in [0.5, 0.6) is 0 Å². The second-order valence-electron chi connectivity index (χ2n) is 2.63. The second-order valence-corrected chi connectivity index (χ2v) is 2.63. The lowest BCUT2D eigenvalue weighted by atomic mass is 10.1. The largest absolute Gasteiger partial charge is 0.193 e. The molecule has 0 saturated carbocycles. The molecule has 1 heteroatoms. The summed E-state index contributed by atoms with van der Waals surface area (Å²) in [6.07, 6.45) is 2.99. The fraction of sp³-hybridized carbons (Fsp3) is 0.625. The number of hydrogen-bond acceptors (Lipinski definition) is 1. The normalized spacial score (nSPS) is 11.7. The molecule has 0 aliphatic carbocycles. The summed E-state index contributed by atoms with van der Waals surface area (Å²) in [5.74, 6) is 0.660. The summed E-state index contributed by atoms with van der Waals surface area (Å²) >= 11 is 0. The molecule has 0 aromatic heterocycles. The molecule has 0 heterocycles. The van der Waals surface area contributed by atoms with E-state index in [-0.39, 0.29) is 0 Å². The maximum Gasteiger partial charge on any atom is 0.0940 e. The van der Waals surface area contributed by atoms with Crippen molar-refractivity contribution in [1.82, 2.24) is 0 Å². The summed E-state index contributed by atoms with van der Waals surface area (Å²) < 4.78 is 0. The molecule has 0 saturated heterocycles. The Bertz CT molecular complexity index is 137.